The highest BCUT2D eigenvalue weighted by atomic mass is 15.2. The first kappa shape index (κ1) is 13.4. The number of hydrogen-bond acceptors (Lipinski definition) is 2. The van der Waals surface area contributed by atoms with Crippen LogP contribution in [-0.4, -0.2) is 37.6 Å². The summed E-state index contributed by atoms with van der Waals surface area (Å²) in [5.41, 5.74) is 1.12. The van der Waals surface area contributed by atoms with Crippen LogP contribution in [0.25, 0.3) is 0 Å². The topological polar surface area (TPSA) is 15.3 Å². The van der Waals surface area contributed by atoms with Crippen LogP contribution >= 0.6 is 0 Å². The SMILES string of the molecule is CCCC1(CN2CCCC(C)(C)C2)CCNC1. The van der Waals surface area contributed by atoms with Gasteiger partial charge in [-0.1, -0.05) is 27.2 Å². The highest BCUT2D eigenvalue weighted by Crippen LogP contribution is 2.35. The molecule has 2 heterocycles. The zero-order valence-corrected chi connectivity index (χ0v) is 12.0. The first-order valence-electron chi connectivity index (χ1n) is 7.48. The Morgan fingerprint density at radius 3 is 2.65 bits per heavy atom. The smallest absolute Gasteiger partial charge is 0.00508 e. The molecule has 17 heavy (non-hydrogen) atoms. The molecule has 1 atom stereocenters. The van der Waals surface area contributed by atoms with Crippen molar-refractivity contribution in [3.05, 3.63) is 0 Å². The van der Waals surface area contributed by atoms with Gasteiger partial charge >= 0.3 is 0 Å². The molecular weight excluding hydrogens is 208 g/mol. The molecular formula is C15H30N2. The number of nitrogens with one attached hydrogen (secondary N) is 1. The maximum absolute atomic E-state index is 3.58. The fourth-order valence-electron chi connectivity index (χ4n) is 3.91. The average molecular weight is 238 g/mol. The number of likely N-dealkylation sites (tertiary alicyclic amines) is 1. The summed E-state index contributed by atoms with van der Waals surface area (Å²) in [4.78, 5) is 2.74. The minimum absolute atomic E-state index is 0.539. The summed E-state index contributed by atoms with van der Waals surface area (Å²) in [5, 5.41) is 3.58. The molecule has 100 valence electrons. The highest BCUT2D eigenvalue weighted by Gasteiger charge is 2.36. The molecule has 0 radical (unpaired) electrons. The Bertz CT molecular complexity index is 241. The van der Waals surface area contributed by atoms with Crippen molar-refractivity contribution in [1.82, 2.24) is 10.2 Å². The molecule has 2 nitrogen and oxygen atoms in total. The molecule has 2 aliphatic rings. The summed E-state index contributed by atoms with van der Waals surface area (Å²) in [7, 11) is 0. The molecule has 1 unspecified atom stereocenters. The molecule has 0 aromatic heterocycles. The number of rotatable bonds is 4. The van der Waals surface area contributed by atoms with Crippen LogP contribution in [0.2, 0.25) is 0 Å². The van der Waals surface area contributed by atoms with Gasteiger partial charge in [0.25, 0.3) is 0 Å². The van der Waals surface area contributed by atoms with Gasteiger partial charge in [-0.05, 0) is 49.6 Å². The van der Waals surface area contributed by atoms with Crippen LogP contribution in [-0.2, 0) is 0 Å². The molecule has 2 heteroatoms. The first-order valence-corrected chi connectivity index (χ1v) is 7.48. The fourth-order valence-corrected chi connectivity index (χ4v) is 3.91. The largest absolute Gasteiger partial charge is 0.316 e. The van der Waals surface area contributed by atoms with Crippen molar-refractivity contribution in [1.29, 1.82) is 0 Å². The summed E-state index contributed by atoms with van der Waals surface area (Å²) < 4.78 is 0. The molecule has 0 spiro atoms. The Labute approximate surface area is 107 Å². The molecule has 2 fully saturated rings. The molecule has 2 aliphatic heterocycles. The van der Waals surface area contributed by atoms with Gasteiger partial charge in [-0.25, -0.2) is 0 Å². The van der Waals surface area contributed by atoms with E-state index in [2.05, 4.69) is 31.0 Å². The summed E-state index contributed by atoms with van der Waals surface area (Å²) in [6.45, 7) is 13.6. The van der Waals surface area contributed by atoms with Crippen LogP contribution in [0.15, 0.2) is 0 Å². The molecule has 0 saturated carbocycles. The third kappa shape index (κ3) is 3.45. The van der Waals surface area contributed by atoms with E-state index in [1.165, 1.54) is 64.8 Å². The van der Waals surface area contributed by atoms with Gasteiger partial charge in [-0.2, -0.15) is 0 Å². The van der Waals surface area contributed by atoms with E-state index in [0.29, 0.717) is 10.8 Å². The van der Waals surface area contributed by atoms with E-state index in [4.69, 9.17) is 0 Å². The minimum Gasteiger partial charge on any atom is -0.316 e. The van der Waals surface area contributed by atoms with Crippen LogP contribution in [0.4, 0.5) is 0 Å². The minimum atomic E-state index is 0.539. The van der Waals surface area contributed by atoms with E-state index in [1.807, 2.05) is 0 Å². The van der Waals surface area contributed by atoms with Gasteiger partial charge in [0.1, 0.15) is 0 Å². The lowest BCUT2D eigenvalue weighted by molar-refractivity contribution is 0.0712. The molecule has 2 saturated heterocycles. The van der Waals surface area contributed by atoms with Gasteiger partial charge < -0.3 is 10.2 Å². The lowest BCUT2D eigenvalue weighted by Gasteiger charge is -2.42. The van der Waals surface area contributed by atoms with E-state index < -0.39 is 0 Å². The van der Waals surface area contributed by atoms with Crippen molar-refractivity contribution in [2.45, 2.75) is 52.9 Å². The van der Waals surface area contributed by atoms with Gasteiger partial charge in [0.2, 0.25) is 0 Å². The van der Waals surface area contributed by atoms with Crippen molar-refractivity contribution in [3.8, 4) is 0 Å². The Balaban J connectivity index is 1.93. The third-order valence-corrected chi connectivity index (χ3v) is 4.65. The Kier molecular flexibility index (Phi) is 4.14. The quantitative estimate of drug-likeness (QED) is 0.810. The van der Waals surface area contributed by atoms with Crippen molar-refractivity contribution in [3.63, 3.8) is 0 Å². The van der Waals surface area contributed by atoms with E-state index in [0.717, 1.165) is 0 Å². The van der Waals surface area contributed by atoms with Gasteiger partial charge in [0, 0.05) is 19.6 Å². The summed E-state index contributed by atoms with van der Waals surface area (Å²) in [6, 6.07) is 0. The molecule has 0 amide bonds. The summed E-state index contributed by atoms with van der Waals surface area (Å²) in [5.74, 6) is 0. The van der Waals surface area contributed by atoms with E-state index in [1.54, 1.807) is 0 Å². The molecule has 2 rings (SSSR count). The van der Waals surface area contributed by atoms with Crippen LogP contribution in [0.3, 0.4) is 0 Å². The molecule has 0 aromatic rings. The van der Waals surface area contributed by atoms with Crippen LogP contribution in [0, 0.1) is 10.8 Å². The van der Waals surface area contributed by atoms with Gasteiger partial charge in [0.15, 0.2) is 0 Å². The summed E-state index contributed by atoms with van der Waals surface area (Å²) in [6.07, 6.45) is 6.92. The Morgan fingerprint density at radius 1 is 1.24 bits per heavy atom. The number of piperidine rings is 1. The van der Waals surface area contributed by atoms with Gasteiger partial charge in [-0.3, -0.25) is 0 Å². The van der Waals surface area contributed by atoms with E-state index >= 15 is 0 Å². The van der Waals surface area contributed by atoms with Crippen molar-refractivity contribution in [2.75, 3.05) is 32.7 Å². The second-order valence-corrected chi connectivity index (χ2v) is 7.16. The lowest BCUT2D eigenvalue weighted by Crippen LogP contribution is -2.46. The van der Waals surface area contributed by atoms with E-state index in [9.17, 15) is 0 Å². The molecule has 1 N–H and O–H groups in total. The predicted octanol–water partition coefficient (Wildman–Crippen LogP) is 2.89. The average Bonchev–Trinajstić information content (AvgIpc) is 2.65. The second-order valence-electron chi connectivity index (χ2n) is 7.16. The van der Waals surface area contributed by atoms with Crippen molar-refractivity contribution >= 4 is 0 Å². The molecule has 0 aromatic carbocycles. The number of nitrogens with zero attached hydrogens (tertiary/aromatic N) is 1. The predicted molar refractivity (Wildman–Crippen MR) is 74.3 cm³/mol. The standard InChI is InChI=1S/C15H30N2/c1-4-6-15(8-9-16-11-15)13-17-10-5-7-14(2,3)12-17/h16H,4-13H2,1-3H3. The van der Waals surface area contributed by atoms with E-state index in [-0.39, 0.29) is 0 Å². The van der Waals surface area contributed by atoms with Crippen molar-refractivity contribution in [2.24, 2.45) is 10.8 Å². The lowest BCUT2D eigenvalue weighted by atomic mass is 9.79. The van der Waals surface area contributed by atoms with Gasteiger partial charge in [0.05, 0.1) is 0 Å². The summed E-state index contributed by atoms with van der Waals surface area (Å²) >= 11 is 0. The molecule has 0 bridgehead atoms. The second kappa shape index (κ2) is 5.27. The zero-order valence-electron chi connectivity index (χ0n) is 12.0. The monoisotopic (exact) mass is 238 g/mol. The maximum Gasteiger partial charge on any atom is 0.00508 e. The van der Waals surface area contributed by atoms with Crippen LogP contribution in [0.5, 0.6) is 0 Å². The maximum atomic E-state index is 3.58. The normalized spacial score (nSPS) is 34.1. The van der Waals surface area contributed by atoms with Crippen molar-refractivity contribution < 1.29 is 0 Å². The van der Waals surface area contributed by atoms with Crippen LogP contribution < -0.4 is 5.32 Å². The van der Waals surface area contributed by atoms with Crippen LogP contribution in [0.1, 0.15) is 52.9 Å². The third-order valence-electron chi connectivity index (χ3n) is 4.65. The fraction of sp³-hybridized carbons (Fsp3) is 1.00. The van der Waals surface area contributed by atoms with Gasteiger partial charge in [-0.15, -0.1) is 0 Å². The Hall–Kier alpha value is -0.0800. The first-order chi connectivity index (χ1) is 8.05. The molecule has 0 aliphatic carbocycles. The number of hydrogen-bond donors (Lipinski definition) is 1. The highest BCUT2D eigenvalue weighted by molar-refractivity contribution is 4.92. The Morgan fingerprint density at radius 2 is 2.06 bits per heavy atom. The zero-order chi connectivity index (χ0) is 12.4.